The maximum Gasteiger partial charge on any atom is 0.230 e. The van der Waals surface area contributed by atoms with Crippen molar-refractivity contribution in [3.05, 3.63) is 0 Å². The molecule has 1 aliphatic heterocycles. The van der Waals surface area contributed by atoms with E-state index >= 15 is 0 Å². The molecule has 0 aromatic heterocycles. The summed E-state index contributed by atoms with van der Waals surface area (Å²) in [6.07, 6.45) is 0. The molecule has 4 heteroatoms. The molecule has 1 amide bonds. The van der Waals surface area contributed by atoms with Gasteiger partial charge in [0.15, 0.2) is 0 Å². The minimum absolute atomic E-state index is 0.0409. The van der Waals surface area contributed by atoms with Crippen LogP contribution in [0.5, 0.6) is 0 Å². The molecule has 13 heavy (non-hydrogen) atoms. The Morgan fingerprint density at radius 3 is 2.46 bits per heavy atom. The molecule has 0 aliphatic carbocycles. The van der Waals surface area contributed by atoms with Gasteiger partial charge in [-0.1, -0.05) is 0 Å². The summed E-state index contributed by atoms with van der Waals surface area (Å²) in [5, 5.41) is 12.1. The highest BCUT2D eigenvalue weighted by Crippen LogP contribution is 2.26. The summed E-state index contributed by atoms with van der Waals surface area (Å²) >= 11 is 0. The van der Waals surface area contributed by atoms with E-state index in [2.05, 4.69) is 5.32 Å². The zero-order chi connectivity index (χ0) is 10.1. The lowest BCUT2D eigenvalue weighted by atomic mass is 9.87. The Bertz CT molecular complexity index is 203. The Kier molecular flexibility index (Phi) is 2.63. The molecule has 1 aliphatic rings. The van der Waals surface area contributed by atoms with Crippen LogP contribution >= 0.6 is 0 Å². The van der Waals surface area contributed by atoms with Crippen molar-refractivity contribution in [2.45, 2.75) is 26.4 Å². The minimum atomic E-state index is -0.851. The van der Waals surface area contributed by atoms with E-state index in [4.69, 9.17) is 4.74 Å². The van der Waals surface area contributed by atoms with Crippen LogP contribution in [0.1, 0.15) is 20.8 Å². The summed E-state index contributed by atoms with van der Waals surface area (Å²) < 4.78 is 4.97. The van der Waals surface area contributed by atoms with Crippen molar-refractivity contribution < 1.29 is 14.6 Å². The van der Waals surface area contributed by atoms with E-state index in [-0.39, 0.29) is 17.9 Å². The first kappa shape index (κ1) is 10.5. The first-order chi connectivity index (χ1) is 5.83. The fourth-order valence-electron chi connectivity index (χ4n) is 1.05. The van der Waals surface area contributed by atoms with E-state index in [9.17, 15) is 9.90 Å². The first-order valence-electron chi connectivity index (χ1n) is 4.42. The molecule has 0 unspecified atom stereocenters. The lowest BCUT2D eigenvalue weighted by Crippen LogP contribution is -2.54. The number of hydrogen-bond acceptors (Lipinski definition) is 3. The fraction of sp³-hybridized carbons (Fsp3) is 0.889. The molecule has 76 valence electrons. The van der Waals surface area contributed by atoms with E-state index < -0.39 is 5.60 Å². The summed E-state index contributed by atoms with van der Waals surface area (Å²) in [6.45, 7) is 6.41. The van der Waals surface area contributed by atoms with Crippen molar-refractivity contribution >= 4 is 5.91 Å². The zero-order valence-electron chi connectivity index (χ0n) is 8.39. The molecule has 0 aromatic rings. The van der Waals surface area contributed by atoms with Gasteiger partial charge in [-0.05, 0) is 20.8 Å². The number of aliphatic hydroxyl groups is 1. The van der Waals surface area contributed by atoms with Gasteiger partial charge in [-0.15, -0.1) is 0 Å². The van der Waals surface area contributed by atoms with Gasteiger partial charge in [0, 0.05) is 6.54 Å². The normalized spacial score (nSPS) is 20.6. The molecule has 1 heterocycles. The van der Waals surface area contributed by atoms with Crippen molar-refractivity contribution in [1.29, 1.82) is 0 Å². The van der Waals surface area contributed by atoms with Crippen molar-refractivity contribution in [2.24, 2.45) is 5.41 Å². The number of ether oxygens (including phenoxy) is 1. The second-order valence-corrected chi connectivity index (χ2v) is 4.55. The molecule has 1 rings (SSSR count). The van der Waals surface area contributed by atoms with Gasteiger partial charge < -0.3 is 15.2 Å². The van der Waals surface area contributed by atoms with Crippen molar-refractivity contribution in [3.63, 3.8) is 0 Å². The van der Waals surface area contributed by atoms with Crippen LogP contribution in [0.3, 0.4) is 0 Å². The van der Waals surface area contributed by atoms with Gasteiger partial charge in [0.1, 0.15) is 0 Å². The molecular weight excluding hydrogens is 170 g/mol. The molecule has 1 fully saturated rings. The number of carbonyl (C=O) groups is 1. The third-order valence-electron chi connectivity index (χ3n) is 2.07. The summed E-state index contributed by atoms with van der Waals surface area (Å²) in [4.78, 5) is 11.5. The zero-order valence-corrected chi connectivity index (χ0v) is 8.39. The van der Waals surface area contributed by atoms with Crippen LogP contribution in [-0.2, 0) is 9.53 Å². The van der Waals surface area contributed by atoms with E-state index in [1.165, 1.54) is 0 Å². The quantitative estimate of drug-likeness (QED) is 0.649. The molecule has 0 saturated carbocycles. The number of hydrogen-bond donors (Lipinski definition) is 2. The molecular formula is C9H17NO3. The summed E-state index contributed by atoms with van der Waals surface area (Å²) in [5.74, 6) is -0.0409. The fourth-order valence-corrected chi connectivity index (χ4v) is 1.05. The van der Waals surface area contributed by atoms with E-state index in [1.807, 2.05) is 6.92 Å². The Balaban J connectivity index is 2.34. The Hall–Kier alpha value is -0.610. The molecule has 1 saturated heterocycles. The van der Waals surface area contributed by atoms with E-state index in [0.29, 0.717) is 13.2 Å². The average Bonchev–Trinajstić information content (AvgIpc) is 1.94. The van der Waals surface area contributed by atoms with Crippen LogP contribution < -0.4 is 5.32 Å². The van der Waals surface area contributed by atoms with Crippen LogP contribution in [0, 0.1) is 5.41 Å². The second kappa shape index (κ2) is 3.27. The summed E-state index contributed by atoms with van der Waals surface area (Å²) in [6, 6.07) is 0. The number of amides is 1. The Labute approximate surface area is 78.3 Å². The number of nitrogens with one attached hydrogen (secondary N) is 1. The van der Waals surface area contributed by atoms with Gasteiger partial charge in [0.25, 0.3) is 0 Å². The predicted molar refractivity (Wildman–Crippen MR) is 48.2 cm³/mol. The van der Waals surface area contributed by atoms with Gasteiger partial charge in [-0.2, -0.15) is 0 Å². The molecule has 0 spiro atoms. The van der Waals surface area contributed by atoms with Gasteiger partial charge in [0.2, 0.25) is 5.91 Å². The molecule has 0 bridgehead atoms. The number of carbonyl (C=O) groups excluding carboxylic acids is 1. The summed E-state index contributed by atoms with van der Waals surface area (Å²) in [5.41, 5.74) is -1.23. The lowest BCUT2D eigenvalue weighted by molar-refractivity contribution is -0.158. The van der Waals surface area contributed by atoms with Gasteiger partial charge in [0.05, 0.1) is 24.2 Å². The Morgan fingerprint density at radius 2 is 2.15 bits per heavy atom. The average molecular weight is 187 g/mol. The highest BCUT2D eigenvalue weighted by molar-refractivity contribution is 5.83. The smallest absolute Gasteiger partial charge is 0.230 e. The van der Waals surface area contributed by atoms with Crippen LogP contribution in [0.4, 0.5) is 0 Å². The monoisotopic (exact) mass is 187 g/mol. The van der Waals surface area contributed by atoms with Gasteiger partial charge in [-0.3, -0.25) is 4.79 Å². The predicted octanol–water partition coefficient (Wildman–Crippen LogP) is -0.0900. The maximum absolute atomic E-state index is 11.5. The van der Waals surface area contributed by atoms with Crippen LogP contribution in [0.2, 0.25) is 0 Å². The second-order valence-electron chi connectivity index (χ2n) is 4.55. The van der Waals surface area contributed by atoms with Gasteiger partial charge in [-0.25, -0.2) is 0 Å². The number of rotatable bonds is 3. The van der Waals surface area contributed by atoms with Crippen LogP contribution in [0.15, 0.2) is 0 Å². The molecule has 4 nitrogen and oxygen atoms in total. The largest absolute Gasteiger partial charge is 0.389 e. The SMILES string of the molecule is CC(C)(O)CNC(=O)C1(C)COC1. The summed E-state index contributed by atoms with van der Waals surface area (Å²) in [7, 11) is 0. The minimum Gasteiger partial charge on any atom is -0.389 e. The highest BCUT2D eigenvalue weighted by Gasteiger charge is 2.41. The van der Waals surface area contributed by atoms with Crippen LogP contribution in [-0.4, -0.2) is 36.4 Å². The topological polar surface area (TPSA) is 58.6 Å². The third kappa shape index (κ3) is 2.67. The lowest BCUT2D eigenvalue weighted by Gasteiger charge is -2.36. The molecule has 0 radical (unpaired) electrons. The molecule has 2 N–H and O–H groups in total. The van der Waals surface area contributed by atoms with Gasteiger partial charge >= 0.3 is 0 Å². The highest BCUT2D eigenvalue weighted by atomic mass is 16.5. The third-order valence-corrected chi connectivity index (χ3v) is 2.07. The molecule has 0 atom stereocenters. The van der Waals surface area contributed by atoms with Crippen LogP contribution in [0.25, 0.3) is 0 Å². The van der Waals surface area contributed by atoms with E-state index in [1.54, 1.807) is 13.8 Å². The Morgan fingerprint density at radius 1 is 1.62 bits per heavy atom. The van der Waals surface area contributed by atoms with Crippen molar-refractivity contribution in [1.82, 2.24) is 5.32 Å². The van der Waals surface area contributed by atoms with Crippen molar-refractivity contribution in [2.75, 3.05) is 19.8 Å². The standard InChI is InChI=1S/C9H17NO3/c1-8(2,12)4-10-7(11)9(3)5-13-6-9/h12H,4-6H2,1-3H3,(H,10,11). The van der Waals surface area contributed by atoms with E-state index in [0.717, 1.165) is 0 Å². The first-order valence-corrected chi connectivity index (χ1v) is 4.42. The maximum atomic E-state index is 11.5. The molecule has 0 aromatic carbocycles. The van der Waals surface area contributed by atoms with Crippen molar-refractivity contribution in [3.8, 4) is 0 Å².